The van der Waals surface area contributed by atoms with Gasteiger partial charge in [0.05, 0.1) is 16.6 Å². The minimum absolute atomic E-state index is 0.00898. The number of aromatic hydroxyl groups is 1. The number of benzene rings is 1. The SMILES string of the molecule is CN(C)c1cc(NC(=O)Cn2cc(-c3cc(F)c(O)c(C=O)c3)c3c(=O)n4c(nc32)CCC4)c(Cl)c(F)n1. The number of hydrogen-bond donors (Lipinski definition) is 2. The number of aryl methyl sites for hydroxylation is 1. The Labute approximate surface area is 219 Å². The van der Waals surface area contributed by atoms with Crippen LogP contribution in [-0.4, -0.2) is 50.5 Å². The number of rotatable bonds is 6. The van der Waals surface area contributed by atoms with Gasteiger partial charge in [-0.25, -0.2) is 14.4 Å². The molecule has 0 atom stereocenters. The van der Waals surface area contributed by atoms with E-state index >= 15 is 0 Å². The zero-order valence-corrected chi connectivity index (χ0v) is 21.0. The van der Waals surface area contributed by atoms with E-state index in [9.17, 15) is 28.3 Å². The van der Waals surface area contributed by atoms with Crippen LogP contribution in [0.25, 0.3) is 22.2 Å². The number of carbonyl (C=O) groups excluding carboxylic acids is 2. The molecule has 38 heavy (non-hydrogen) atoms. The number of carbonyl (C=O) groups is 2. The number of hydrogen-bond acceptors (Lipinski definition) is 7. The van der Waals surface area contributed by atoms with Crippen LogP contribution in [0.3, 0.4) is 0 Å². The van der Waals surface area contributed by atoms with E-state index in [1.807, 2.05) is 0 Å². The number of amides is 1. The summed E-state index contributed by atoms with van der Waals surface area (Å²) in [5.74, 6) is -2.61. The summed E-state index contributed by atoms with van der Waals surface area (Å²) in [6.45, 7) is 0.122. The maximum atomic E-state index is 14.4. The van der Waals surface area contributed by atoms with Crippen LogP contribution in [0.4, 0.5) is 20.3 Å². The van der Waals surface area contributed by atoms with E-state index in [4.69, 9.17) is 11.6 Å². The third kappa shape index (κ3) is 4.26. The zero-order valence-electron chi connectivity index (χ0n) is 20.3. The predicted octanol–water partition coefficient (Wildman–Crippen LogP) is 3.36. The second-order valence-electron chi connectivity index (χ2n) is 9.05. The average Bonchev–Trinajstić information content (AvgIpc) is 3.49. The maximum Gasteiger partial charge on any atom is 0.263 e. The molecule has 5 rings (SSSR count). The van der Waals surface area contributed by atoms with Crippen LogP contribution in [0.15, 0.2) is 29.2 Å². The van der Waals surface area contributed by atoms with Crippen molar-refractivity contribution < 1.29 is 23.5 Å². The summed E-state index contributed by atoms with van der Waals surface area (Å²) < 4.78 is 31.6. The molecule has 0 bridgehead atoms. The Hall–Kier alpha value is -4.32. The molecule has 0 spiro atoms. The third-order valence-electron chi connectivity index (χ3n) is 6.32. The lowest BCUT2D eigenvalue weighted by Crippen LogP contribution is -2.23. The minimum atomic E-state index is -1.04. The van der Waals surface area contributed by atoms with Crippen LogP contribution in [0, 0.1) is 11.8 Å². The van der Waals surface area contributed by atoms with Crippen molar-refractivity contribution in [1.29, 1.82) is 0 Å². The number of phenols is 1. The van der Waals surface area contributed by atoms with E-state index in [-0.39, 0.29) is 56.4 Å². The molecule has 1 aliphatic heterocycles. The number of nitrogens with zero attached hydrogens (tertiary/aromatic N) is 5. The molecule has 0 saturated carbocycles. The van der Waals surface area contributed by atoms with Gasteiger partial charge in [0.2, 0.25) is 11.9 Å². The summed E-state index contributed by atoms with van der Waals surface area (Å²) >= 11 is 6.02. The van der Waals surface area contributed by atoms with Gasteiger partial charge in [-0.3, -0.25) is 19.0 Å². The highest BCUT2D eigenvalue weighted by molar-refractivity contribution is 6.33. The molecule has 4 aromatic rings. The minimum Gasteiger partial charge on any atom is -0.504 e. The molecule has 1 amide bonds. The number of nitrogens with one attached hydrogen (secondary N) is 1. The zero-order chi connectivity index (χ0) is 27.3. The Morgan fingerprint density at radius 1 is 1.26 bits per heavy atom. The second-order valence-corrected chi connectivity index (χ2v) is 9.42. The first-order valence-electron chi connectivity index (χ1n) is 11.5. The number of phenolic OH excluding ortho intramolecular Hbond substituents is 1. The van der Waals surface area contributed by atoms with Crippen molar-refractivity contribution in [1.82, 2.24) is 19.1 Å². The maximum absolute atomic E-state index is 14.4. The number of halogens is 3. The molecule has 0 unspecified atom stereocenters. The lowest BCUT2D eigenvalue weighted by Gasteiger charge is -2.15. The molecule has 0 aliphatic carbocycles. The summed E-state index contributed by atoms with van der Waals surface area (Å²) in [6, 6.07) is 3.67. The molecule has 3 aromatic heterocycles. The smallest absolute Gasteiger partial charge is 0.263 e. The van der Waals surface area contributed by atoms with Gasteiger partial charge in [-0.05, 0) is 24.1 Å². The van der Waals surface area contributed by atoms with Crippen molar-refractivity contribution >= 4 is 46.3 Å². The molecule has 4 heterocycles. The number of pyridine rings is 1. The van der Waals surface area contributed by atoms with E-state index in [0.717, 1.165) is 6.07 Å². The Kier molecular flexibility index (Phi) is 6.35. The van der Waals surface area contributed by atoms with Crippen LogP contribution in [0.2, 0.25) is 5.02 Å². The fourth-order valence-electron chi connectivity index (χ4n) is 4.48. The molecular formula is C25H21ClF2N6O4. The third-order valence-corrected chi connectivity index (χ3v) is 6.68. The summed E-state index contributed by atoms with van der Waals surface area (Å²) in [4.78, 5) is 47.7. The molecular weight excluding hydrogens is 522 g/mol. The highest BCUT2D eigenvalue weighted by atomic mass is 35.5. The number of anilines is 2. The predicted molar refractivity (Wildman–Crippen MR) is 137 cm³/mol. The largest absolute Gasteiger partial charge is 0.504 e. The average molecular weight is 543 g/mol. The first-order chi connectivity index (χ1) is 18.1. The van der Waals surface area contributed by atoms with Gasteiger partial charge in [0.15, 0.2) is 17.9 Å². The van der Waals surface area contributed by atoms with Gasteiger partial charge in [0.1, 0.15) is 28.9 Å². The number of aldehydes is 1. The van der Waals surface area contributed by atoms with Crippen molar-refractivity contribution in [2.24, 2.45) is 0 Å². The Bertz CT molecular complexity index is 1700. The van der Waals surface area contributed by atoms with Gasteiger partial charge in [-0.2, -0.15) is 4.39 Å². The quantitative estimate of drug-likeness (QED) is 0.283. The molecule has 0 fully saturated rings. The number of fused-ring (bicyclic) bond motifs is 2. The van der Waals surface area contributed by atoms with Crippen LogP contribution in [0.5, 0.6) is 5.75 Å². The topological polar surface area (TPSA) is 122 Å². The van der Waals surface area contributed by atoms with Crippen molar-refractivity contribution in [2.45, 2.75) is 25.9 Å². The monoisotopic (exact) mass is 542 g/mol. The molecule has 0 saturated heterocycles. The molecule has 1 aliphatic rings. The van der Waals surface area contributed by atoms with Gasteiger partial charge in [-0.15, -0.1) is 0 Å². The van der Waals surface area contributed by atoms with Crippen LogP contribution >= 0.6 is 11.6 Å². The van der Waals surface area contributed by atoms with E-state index in [2.05, 4.69) is 15.3 Å². The lowest BCUT2D eigenvalue weighted by atomic mass is 10.0. The summed E-state index contributed by atoms with van der Waals surface area (Å²) in [5, 5.41) is 12.2. The second kappa shape index (κ2) is 9.53. The molecule has 0 radical (unpaired) electrons. The summed E-state index contributed by atoms with van der Waals surface area (Å²) in [6.07, 6.45) is 3.04. The van der Waals surface area contributed by atoms with Crippen molar-refractivity contribution in [3.05, 3.63) is 62.9 Å². The van der Waals surface area contributed by atoms with Crippen LogP contribution in [-0.2, 0) is 24.3 Å². The van der Waals surface area contributed by atoms with Crippen molar-refractivity contribution in [3.63, 3.8) is 0 Å². The van der Waals surface area contributed by atoms with Crippen molar-refractivity contribution in [2.75, 3.05) is 24.3 Å². The Morgan fingerprint density at radius 2 is 2.03 bits per heavy atom. The summed E-state index contributed by atoms with van der Waals surface area (Å²) in [5.41, 5.74) is -0.0760. The van der Waals surface area contributed by atoms with E-state index < -0.39 is 23.4 Å². The Balaban J connectivity index is 1.61. The number of aromatic nitrogens is 4. The van der Waals surface area contributed by atoms with Crippen LogP contribution < -0.4 is 15.8 Å². The molecule has 10 nitrogen and oxygen atoms in total. The van der Waals surface area contributed by atoms with E-state index in [0.29, 0.717) is 31.5 Å². The van der Waals surface area contributed by atoms with Gasteiger partial charge in [0.25, 0.3) is 5.56 Å². The van der Waals surface area contributed by atoms with Crippen LogP contribution in [0.1, 0.15) is 22.6 Å². The standard InChI is InChI=1S/C25H21ClF2N6O4/c1-32(2)18-8-16(21(26)23(28)30-18)29-19(36)10-33-9-14(12-6-13(11-35)22(37)15(27)7-12)20-24(33)31-17-4-3-5-34(17)25(20)38/h6-9,11,37H,3-5,10H2,1-2H3,(H,29,30,36). The highest BCUT2D eigenvalue weighted by Gasteiger charge is 2.24. The van der Waals surface area contributed by atoms with Gasteiger partial charge < -0.3 is 19.9 Å². The fraction of sp³-hybridized carbons (Fsp3) is 0.240. The summed E-state index contributed by atoms with van der Waals surface area (Å²) in [7, 11) is 3.30. The molecule has 196 valence electrons. The first kappa shape index (κ1) is 25.3. The molecule has 1 aromatic carbocycles. The normalized spacial score (nSPS) is 12.6. The molecule has 13 heteroatoms. The van der Waals surface area contributed by atoms with Gasteiger partial charge in [0, 0.05) is 44.9 Å². The van der Waals surface area contributed by atoms with E-state index in [1.54, 1.807) is 19.0 Å². The van der Waals surface area contributed by atoms with E-state index in [1.165, 1.54) is 27.5 Å². The first-order valence-corrected chi connectivity index (χ1v) is 11.9. The lowest BCUT2D eigenvalue weighted by molar-refractivity contribution is -0.116. The highest BCUT2D eigenvalue weighted by Crippen LogP contribution is 2.33. The van der Waals surface area contributed by atoms with Gasteiger partial charge >= 0.3 is 0 Å². The molecule has 2 N–H and O–H groups in total. The Morgan fingerprint density at radius 3 is 2.74 bits per heavy atom. The van der Waals surface area contributed by atoms with Crippen molar-refractivity contribution in [3.8, 4) is 16.9 Å². The van der Waals surface area contributed by atoms with Gasteiger partial charge in [-0.1, -0.05) is 11.6 Å². The fourth-order valence-corrected chi connectivity index (χ4v) is 4.63.